The van der Waals surface area contributed by atoms with Crippen LogP contribution >= 0.6 is 0 Å². The Morgan fingerprint density at radius 3 is 2.19 bits per heavy atom. The standard InChI is InChI=1S/C17H23N5O4/c1-17(2,3)14-15(23)19-16(22-20-14)21-18-9-10-7-12(25-5)13(26-6)8-11(10)24-4/h7-9H,1-6H3,(H2,19,21,22,23)/b18-9+. The summed E-state index contributed by atoms with van der Waals surface area (Å²) in [4.78, 5) is 14.7. The van der Waals surface area contributed by atoms with Crippen molar-refractivity contribution in [2.45, 2.75) is 26.2 Å². The van der Waals surface area contributed by atoms with Crippen LogP contribution in [-0.4, -0.2) is 42.7 Å². The summed E-state index contributed by atoms with van der Waals surface area (Å²) in [6, 6.07) is 3.42. The number of hydrogen-bond acceptors (Lipinski definition) is 8. The number of hydrogen-bond donors (Lipinski definition) is 2. The molecule has 0 bridgehead atoms. The van der Waals surface area contributed by atoms with Crippen LogP contribution in [0.4, 0.5) is 5.95 Å². The van der Waals surface area contributed by atoms with Gasteiger partial charge in [-0.2, -0.15) is 5.10 Å². The number of methoxy groups -OCH3 is 3. The molecule has 0 atom stereocenters. The molecule has 0 saturated carbocycles. The SMILES string of the molecule is COc1cc(OC)c(OC)cc1/C=N/Nc1nnc(C(C)(C)C)c(=O)[nH]1. The highest BCUT2D eigenvalue weighted by Crippen LogP contribution is 2.33. The average Bonchev–Trinajstić information content (AvgIpc) is 2.60. The fourth-order valence-electron chi connectivity index (χ4n) is 2.19. The van der Waals surface area contributed by atoms with Gasteiger partial charge in [-0.15, -0.1) is 10.2 Å². The molecular formula is C17H23N5O4. The molecule has 140 valence electrons. The maximum Gasteiger partial charge on any atom is 0.274 e. The maximum atomic E-state index is 12.1. The van der Waals surface area contributed by atoms with Gasteiger partial charge >= 0.3 is 0 Å². The Bertz CT molecular complexity index is 855. The van der Waals surface area contributed by atoms with E-state index in [2.05, 4.69) is 25.7 Å². The predicted molar refractivity (Wildman–Crippen MR) is 98.7 cm³/mol. The fraction of sp³-hybridized carbons (Fsp3) is 0.412. The molecule has 0 amide bonds. The van der Waals surface area contributed by atoms with E-state index in [0.29, 0.717) is 28.5 Å². The smallest absolute Gasteiger partial charge is 0.274 e. The van der Waals surface area contributed by atoms with Crippen molar-refractivity contribution in [3.63, 3.8) is 0 Å². The quantitative estimate of drug-likeness (QED) is 0.597. The molecule has 1 heterocycles. The summed E-state index contributed by atoms with van der Waals surface area (Å²) in [6.45, 7) is 5.67. The lowest BCUT2D eigenvalue weighted by Crippen LogP contribution is -2.28. The summed E-state index contributed by atoms with van der Waals surface area (Å²) in [5.41, 5.74) is 2.95. The largest absolute Gasteiger partial charge is 0.496 e. The number of aromatic nitrogens is 3. The van der Waals surface area contributed by atoms with Crippen LogP contribution < -0.4 is 25.2 Å². The van der Waals surface area contributed by atoms with Crippen LogP contribution in [0.15, 0.2) is 22.0 Å². The highest BCUT2D eigenvalue weighted by molar-refractivity contribution is 5.85. The number of hydrazone groups is 1. The number of nitrogens with one attached hydrogen (secondary N) is 2. The molecule has 9 nitrogen and oxygen atoms in total. The number of ether oxygens (including phenoxy) is 3. The Labute approximate surface area is 151 Å². The molecule has 2 N–H and O–H groups in total. The Balaban J connectivity index is 2.23. The maximum absolute atomic E-state index is 12.1. The number of benzene rings is 1. The third-order valence-electron chi connectivity index (χ3n) is 3.52. The number of H-pyrrole nitrogens is 1. The van der Waals surface area contributed by atoms with Gasteiger partial charge in [0, 0.05) is 17.0 Å². The Morgan fingerprint density at radius 1 is 1.04 bits per heavy atom. The van der Waals surface area contributed by atoms with Gasteiger partial charge in [0.15, 0.2) is 11.5 Å². The van der Waals surface area contributed by atoms with Crippen molar-refractivity contribution in [3.8, 4) is 17.2 Å². The molecule has 0 spiro atoms. The lowest BCUT2D eigenvalue weighted by molar-refractivity contribution is 0.349. The highest BCUT2D eigenvalue weighted by Gasteiger charge is 2.20. The monoisotopic (exact) mass is 361 g/mol. The van der Waals surface area contributed by atoms with Gasteiger partial charge < -0.3 is 14.2 Å². The molecule has 0 aliphatic carbocycles. The van der Waals surface area contributed by atoms with Gasteiger partial charge in [0.2, 0.25) is 5.95 Å². The third kappa shape index (κ3) is 4.29. The van der Waals surface area contributed by atoms with E-state index in [-0.39, 0.29) is 11.5 Å². The van der Waals surface area contributed by atoms with Crippen molar-refractivity contribution in [1.82, 2.24) is 15.2 Å². The van der Waals surface area contributed by atoms with Crippen molar-refractivity contribution in [3.05, 3.63) is 33.7 Å². The topological polar surface area (TPSA) is 111 Å². The second-order valence-electron chi connectivity index (χ2n) is 6.42. The zero-order valence-electron chi connectivity index (χ0n) is 15.7. The summed E-state index contributed by atoms with van der Waals surface area (Å²) < 4.78 is 15.8. The van der Waals surface area contributed by atoms with Crippen molar-refractivity contribution in [1.29, 1.82) is 0 Å². The van der Waals surface area contributed by atoms with Crippen LogP contribution in [0.25, 0.3) is 0 Å². The van der Waals surface area contributed by atoms with Crippen molar-refractivity contribution < 1.29 is 14.2 Å². The number of nitrogens with zero attached hydrogens (tertiary/aromatic N) is 3. The first-order valence-corrected chi connectivity index (χ1v) is 7.86. The van der Waals surface area contributed by atoms with Crippen molar-refractivity contribution in [2.75, 3.05) is 26.8 Å². The summed E-state index contributed by atoms with van der Waals surface area (Å²) in [5.74, 6) is 1.77. The van der Waals surface area contributed by atoms with Crippen molar-refractivity contribution >= 4 is 12.2 Å². The fourth-order valence-corrected chi connectivity index (χ4v) is 2.19. The molecule has 1 aromatic heterocycles. The van der Waals surface area contributed by atoms with Crippen LogP contribution in [-0.2, 0) is 5.41 Å². The molecular weight excluding hydrogens is 338 g/mol. The van der Waals surface area contributed by atoms with Gasteiger partial charge in [-0.1, -0.05) is 20.8 Å². The number of anilines is 1. The minimum absolute atomic E-state index is 0.138. The van der Waals surface area contributed by atoms with Crippen LogP contribution in [0.1, 0.15) is 32.0 Å². The van der Waals surface area contributed by atoms with Gasteiger partial charge in [-0.25, -0.2) is 5.43 Å². The zero-order chi connectivity index (χ0) is 19.3. The summed E-state index contributed by atoms with van der Waals surface area (Å²) >= 11 is 0. The summed E-state index contributed by atoms with van der Waals surface area (Å²) in [5, 5.41) is 12.0. The average molecular weight is 361 g/mol. The lowest BCUT2D eigenvalue weighted by Gasteiger charge is -2.15. The Hall–Kier alpha value is -3.10. The predicted octanol–water partition coefficient (Wildman–Crippen LogP) is 1.93. The van der Waals surface area contributed by atoms with E-state index in [0.717, 1.165) is 0 Å². The summed E-state index contributed by atoms with van der Waals surface area (Å²) in [7, 11) is 4.63. The molecule has 2 aromatic rings. The summed E-state index contributed by atoms with van der Waals surface area (Å²) in [6.07, 6.45) is 1.51. The second kappa shape index (κ2) is 7.85. The van der Waals surface area contributed by atoms with Gasteiger partial charge in [-0.05, 0) is 6.07 Å². The number of aromatic amines is 1. The van der Waals surface area contributed by atoms with Crippen LogP contribution in [0.2, 0.25) is 0 Å². The first-order chi connectivity index (χ1) is 12.3. The minimum Gasteiger partial charge on any atom is -0.496 e. The first kappa shape index (κ1) is 19.2. The van der Waals surface area contributed by atoms with Gasteiger partial charge in [-0.3, -0.25) is 9.78 Å². The molecule has 26 heavy (non-hydrogen) atoms. The normalized spacial score (nSPS) is 11.5. The Morgan fingerprint density at radius 2 is 1.65 bits per heavy atom. The molecule has 9 heteroatoms. The first-order valence-electron chi connectivity index (χ1n) is 7.86. The molecule has 0 fully saturated rings. The highest BCUT2D eigenvalue weighted by atomic mass is 16.5. The Kier molecular flexibility index (Phi) is 5.81. The van der Waals surface area contributed by atoms with Gasteiger partial charge in [0.25, 0.3) is 5.56 Å². The van der Waals surface area contributed by atoms with E-state index in [4.69, 9.17) is 14.2 Å². The molecule has 0 aliphatic rings. The molecule has 0 unspecified atom stereocenters. The molecule has 0 aliphatic heterocycles. The van der Waals surface area contributed by atoms with Gasteiger partial charge in [0.05, 0.1) is 27.5 Å². The lowest BCUT2D eigenvalue weighted by atomic mass is 9.93. The van der Waals surface area contributed by atoms with E-state index in [1.54, 1.807) is 33.5 Å². The van der Waals surface area contributed by atoms with E-state index in [1.165, 1.54) is 6.21 Å². The van der Waals surface area contributed by atoms with Crippen LogP contribution in [0.5, 0.6) is 17.2 Å². The van der Waals surface area contributed by atoms with Gasteiger partial charge in [0.1, 0.15) is 11.4 Å². The molecule has 0 radical (unpaired) electrons. The van der Waals surface area contributed by atoms with Crippen LogP contribution in [0.3, 0.4) is 0 Å². The third-order valence-corrected chi connectivity index (χ3v) is 3.52. The van der Waals surface area contributed by atoms with E-state index >= 15 is 0 Å². The minimum atomic E-state index is -0.393. The molecule has 1 aromatic carbocycles. The van der Waals surface area contributed by atoms with Crippen LogP contribution in [0, 0.1) is 0 Å². The second-order valence-corrected chi connectivity index (χ2v) is 6.42. The molecule has 2 rings (SSSR count). The zero-order valence-corrected chi connectivity index (χ0v) is 15.7. The number of rotatable bonds is 6. The van der Waals surface area contributed by atoms with Crippen molar-refractivity contribution in [2.24, 2.45) is 5.10 Å². The van der Waals surface area contributed by atoms with E-state index in [1.807, 2.05) is 20.8 Å². The molecule has 0 saturated heterocycles. The van der Waals surface area contributed by atoms with E-state index < -0.39 is 5.41 Å². The van der Waals surface area contributed by atoms with E-state index in [9.17, 15) is 4.79 Å².